The second kappa shape index (κ2) is 11.7. The molecule has 6 heteroatoms. The van der Waals surface area contributed by atoms with Gasteiger partial charge in [0.25, 0.3) is 0 Å². The minimum absolute atomic E-state index is 0.0284. The molecule has 0 saturated heterocycles. The topological polar surface area (TPSA) is 76.7 Å². The number of hydrogen-bond donors (Lipinski definition) is 2. The summed E-state index contributed by atoms with van der Waals surface area (Å²) in [7, 11) is 1.88. The van der Waals surface area contributed by atoms with Gasteiger partial charge in [-0.25, -0.2) is 0 Å². The normalized spacial score (nSPS) is 22.0. The molecule has 122 valence electrons. The van der Waals surface area contributed by atoms with E-state index >= 15 is 0 Å². The lowest BCUT2D eigenvalue weighted by atomic mass is 9.87. The van der Waals surface area contributed by atoms with Gasteiger partial charge in [-0.05, 0) is 32.7 Å². The van der Waals surface area contributed by atoms with Crippen LogP contribution in [0.3, 0.4) is 0 Å². The van der Waals surface area contributed by atoms with Crippen molar-refractivity contribution >= 4 is 12.2 Å². The van der Waals surface area contributed by atoms with E-state index in [0.717, 1.165) is 38.5 Å². The lowest BCUT2D eigenvalue weighted by Crippen LogP contribution is -2.38. The van der Waals surface area contributed by atoms with Crippen molar-refractivity contribution in [2.24, 2.45) is 5.92 Å². The number of hydrogen-bond acceptors (Lipinski definition) is 5. The van der Waals surface area contributed by atoms with Crippen LogP contribution in [0.4, 0.5) is 0 Å². The summed E-state index contributed by atoms with van der Waals surface area (Å²) in [5, 5.41) is 6.00. The van der Waals surface area contributed by atoms with Gasteiger partial charge in [-0.2, -0.15) is 0 Å². The Morgan fingerprint density at radius 3 is 2.38 bits per heavy atom. The van der Waals surface area contributed by atoms with Crippen molar-refractivity contribution < 1.29 is 19.1 Å². The van der Waals surface area contributed by atoms with Crippen molar-refractivity contribution in [1.82, 2.24) is 10.6 Å². The van der Waals surface area contributed by atoms with Crippen LogP contribution in [0.25, 0.3) is 0 Å². The molecule has 0 bridgehead atoms. The van der Waals surface area contributed by atoms with Crippen LogP contribution in [-0.4, -0.2) is 58.3 Å². The number of likely N-dealkylation sites (N-methyl/N-ethyl adjacent to an activating group) is 1. The Balaban J connectivity index is 1.93. The molecule has 0 spiro atoms. The number of rotatable bonds is 11. The Bertz CT molecular complexity index is 291. The van der Waals surface area contributed by atoms with Crippen molar-refractivity contribution in [3.8, 4) is 0 Å². The van der Waals surface area contributed by atoms with E-state index in [2.05, 4.69) is 10.6 Å². The van der Waals surface area contributed by atoms with Gasteiger partial charge in [0.15, 0.2) is 0 Å². The average molecular weight is 300 g/mol. The van der Waals surface area contributed by atoms with Crippen LogP contribution >= 0.6 is 0 Å². The summed E-state index contributed by atoms with van der Waals surface area (Å²) in [4.78, 5) is 22.4. The van der Waals surface area contributed by atoms with Crippen LogP contribution < -0.4 is 10.6 Å². The second-order valence-electron chi connectivity index (χ2n) is 5.39. The number of carbonyl (C=O) groups excluding carboxylic acids is 2. The molecule has 0 radical (unpaired) electrons. The van der Waals surface area contributed by atoms with Gasteiger partial charge in [0, 0.05) is 24.9 Å². The van der Waals surface area contributed by atoms with Crippen LogP contribution in [0, 0.1) is 5.92 Å². The first-order valence-electron chi connectivity index (χ1n) is 7.81. The molecule has 1 saturated carbocycles. The standard InChI is InChI=1S/C15H28N2O4/c1-16-7-9-21-11-10-20-8-6-15(19)17-14-4-2-13(12-18)3-5-14/h12-14,16H,2-11H2,1H3,(H,17,19). The number of amides is 1. The Morgan fingerprint density at radius 2 is 1.76 bits per heavy atom. The lowest BCUT2D eigenvalue weighted by Gasteiger charge is -2.26. The second-order valence-corrected chi connectivity index (χ2v) is 5.39. The molecular formula is C15H28N2O4. The highest BCUT2D eigenvalue weighted by Gasteiger charge is 2.21. The third-order valence-electron chi connectivity index (χ3n) is 3.67. The minimum atomic E-state index is 0.0284. The molecule has 1 fully saturated rings. The van der Waals surface area contributed by atoms with Gasteiger partial charge >= 0.3 is 0 Å². The van der Waals surface area contributed by atoms with Crippen LogP contribution in [0.2, 0.25) is 0 Å². The van der Waals surface area contributed by atoms with Gasteiger partial charge in [0.1, 0.15) is 6.29 Å². The molecule has 2 N–H and O–H groups in total. The molecule has 0 aromatic rings. The number of ether oxygens (including phenoxy) is 2. The van der Waals surface area contributed by atoms with Crippen LogP contribution in [0.15, 0.2) is 0 Å². The first kappa shape index (κ1) is 18.1. The Morgan fingerprint density at radius 1 is 1.10 bits per heavy atom. The molecule has 1 aliphatic carbocycles. The van der Waals surface area contributed by atoms with E-state index in [1.54, 1.807) is 0 Å². The Hall–Kier alpha value is -0.980. The fourth-order valence-electron chi connectivity index (χ4n) is 2.36. The fourth-order valence-corrected chi connectivity index (χ4v) is 2.36. The predicted molar refractivity (Wildman–Crippen MR) is 80.1 cm³/mol. The number of nitrogens with one attached hydrogen (secondary N) is 2. The highest BCUT2D eigenvalue weighted by atomic mass is 16.5. The fraction of sp³-hybridized carbons (Fsp3) is 0.867. The summed E-state index contributed by atoms with van der Waals surface area (Å²) < 4.78 is 10.7. The van der Waals surface area contributed by atoms with Crippen molar-refractivity contribution in [3.05, 3.63) is 0 Å². The smallest absolute Gasteiger partial charge is 0.222 e. The minimum Gasteiger partial charge on any atom is -0.379 e. The molecule has 1 amide bonds. The van der Waals surface area contributed by atoms with E-state index in [4.69, 9.17) is 9.47 Å². The van der Waals surface area contributed by atoms with E-state index in [1.807, 2.05) is 7.05 Å². The van der Waals surface area contributed by atoms with E-state index in [1.165, 1.54) is 0 Å². The van der Waals surface area contributed by atoms with Gasteiger partial charge in [-0.15, -0.1) is 0 Å². The highest BCUT2D eigenvalue weighted by molar-refractivity contribution is 5.76. The molecule has 0 atom stereocenters. The van der Waals surface area contributed by atoms with Gasteiger partial charge < -0.3 is 24.9 Å². The third-order valence-corrected chi connectivity index (χ3v) is 3.67. The third kappa shape index (κ3) is 8.80. The first-order valence-corrected chi connectivity index (χ1v) is 7.81. The van der Waals surface area contributed by atoms with Gasteiger partial charge in [0.2, 0.25) is 5.91 Å². The van der Waals surface area contributed by atoms with Crippen molar-refractivity contribution in [2.45, 2.75) is 38.1 Å². The highest BCUT2D eigenvalue weighted by Crippen LogP contribution is 2.22. The number of aldehydes is 1. The molecule has 0 unspecified atom stereocenters. The van der Waals surface area contributed by atoms with Gasteiger partial charge in [-0.1, -0.05) is 0 Å². The molecule has 0 aromatic heterocycles. The first-order chi connectivity index (χ1) is 10.3. The number of carbonyl (C=O) groups is 2. The lowest BCUT2D eigenvalue weighted by molar-refractivity contribution is -0.123. The summed E-state index contributed by atoms with van der Waals surface area (Å²) in [6.07, 6.45) is 4.98. The largest absolute Gasteiger partial charge is 0.379 e. The predicted octanol–water partition coefficient (Wildman–Crippen LogP) is 0.503. The van der Waals surface area contributed by atoms with E-state index in [0.29, 0.717) is 32.8 Å². The van der Waals surface area contributed by atoms with Gasteiger partial charge in [0.05, 0.1) is 26.4 Å². The molecule has 21 heavy (non-hydrogen) atoms. The summed E-state index contributed by atoms with van der Waals surface area (Å²) in [5.74, 6) is 0.213. The zero-order valence-corrected chi connectivity index (χ0v) is 12.9. The monoisotopic (exact) mass is 300 g/mol. The quantitative estimate of drug-likeness (QED) is 0.429. The zero-order chi connectivity index (χ0) is 15.3. The molecule has 1 aliphatic rings. The summed E-state index contributed by atoms with van der Waals surface area (Å²) in [6, 6.07) is 0.221. The molecular weight excluding hydrogens is 272 g/mol. The molecule has 0 aliphatic heterocycles. The molecule has 6 nitrogen and oxygen atoms in total. The summed E-state index contributed by atoms with van der Waals surface area (Å²) >= 11 is 0. The SMILES string of the molecule is CNCCOCCOCCC(=O)NC1CCC(C=O)CC1. The summed E-state index contributed by atoms with van der Waals surface area (Å²) in [6.45, 7) is 2.99. The van der Waals surface area contributed by atoms with Crippen molar-refractivity contribution in [1.29, 1.82) is 0 Å². The van der Waals surface area contributed by atoms with E-state index in [9.17, 15) is 9.59 Å². The molecule has 0 heterocycles. The van der Waals surface area contributed by atoms with Crippen molar-refractivity contribution in [3.63, 3.8) is 0 Å². The van der Waals surface area contributed by atoms with Crippen molar-refractivity contribution in [2.75, 3.05) is 40.0 Å². The van der Waals surface area contributed by atoms with Crippen LogP contribution in [-0.2, 0) is 19.1 Å². The van der Waals surface area contributed by atoms with E-state index < -0.39 is 0 Å². The maximum Gasteiger partial charge on any atom is 0.222 e. The Labute approximate surface area is 126 Å². The van der Waals surface area contributed by atoms with E-state index in [-0.39, 0.29) is 17.9 Å². The Kier molecular flexibility index (Phi) is 10.0. The molecule has 0 aromatic carbocycles. The molecule has 1 rings (SSSR count). The maximum absolute atomic E-state index is 11.7. The average Bonchev–Trinajstić information content (AvgIpc) is 2.50. The summed E-state index contributed by atoms with van der Waals surface area (Å²) in [5.41, 5.74) is 0. The maximum atomic E-state index is 11.7. The van der Waals surface area contributed by atoms with Crippen LogP contribution in [0.1, 0.15) is 32.1 Å². The zero-order valence-electron chi connectivity index (χ0n) is 12.9. The van der Waals surface area contributed by atoms with Gasteiger partial charge in [-0.3, -0.25) is 4.79 Å². The van der Waals surface area contributed by atoms with Crippen LogP contribution in [0.5, 0.6) is 0 Å².